The molecule has 0 radical (unpaired) electrons. The van der Waals surface area contributed by atoms with Crippen molar-refractivity contribution in [2.75, 3.05) is 18.5 Å². The zero-order chi connectivity index (χ0) is 25.5. The quantitative estimate of drug-likeness (QED) is 0.322. The lowest BCUT2D eigenvalue weighted by Gasteiger charge is -2.26. The Labute approximate surface area is 215 Å². The maximum absolute atomic E-state index is 13.5. The number of nitrogens with zero attached hydrogens (tertiary/aromatic N) is 2. The number of amides is 1. The highest BCUT2D eigenvalue weighted by molar-refractivity contribution is 5.92. The molecule has 3 aromatic rings. The van der Waals surface area contributed by atoms with Gasteiger partial charge in [0.2, 0.25) is 5.91 Å². The van der Waals surface area contributed by atoms with E-state index in [2.05, 4.69) is 62.4 Å². The third-order valence-corrected chi connectivity index (χ3v) is 6.69. The number of carbonyl (C=O) groups is 1. The topological polar surface area (TPSA) is 65.4 Å². The van der Waals surface area contributed by atoms with Crippen molar-refractivity contribution in [3.05, 3.63) is 71.5 Å². The fourth-order valence-electron chi connectivity index (χ4n) is 4.88. The van der Waals surface area contributed by atoms with Gasteiger partial charge < -0.3 is 14.8 Å². The van der Waals surface area contributed by atoms with Gasteiger partial charge in [0.1, 0.15) is 13.2 Å². The second kappa shape index (κ2) is 11.6. The first-order valence-electron chi connectivity index (χ1n) is 13.1. The number of benzene rings is 2. The first kappa shape index (κ1) is 25.8. The molecule has 0 spiro atoms. The van der Waals surface area contributed by atoms with Crippen LogP contribution in [0.5, 0.6) is 11.5 Å². The molecule has 1 aromatic heterocycles. The summed E-state index contributed by atoms with van der Waals surface area (Å²) in [5.41, 5.74) is 4.07. The van der Waals surface area contributed by atoms with E-state index in [1.807, 2.05) is 29.1 Å². The first-order chi connectivity index (χ1) is 17.3. The highest BCUT2D eigenvalue weighted by atomic mass is 16.6. The van der Waals surface area contributed by atoms with Crippen molar-refractivity contribution in [1.82, 2.24) is 9.78 Å². The molecule has 4 rings (SSSR count). The molecule has 2 heterocycles. The first-order valence-corrected chi connectivity index (χ1v) is 13.1. The van der Waals surface area contributed by atoms with Gasteiger partial charge in [-0.15, -0.1) is 0 Å². The van der Waals surface area contributed by atoms with Gasteiger partial charge in [0, 0.05) is 30.1 Å². The van der Waals surface area contributed by atoms with Crippen LogP contribution in [0.15, 0.2) is 54.9 Å². The number of nitrogens with one attached hydrogen (secondary N) is 1. The minimum absolute atomic E-state index is 0.0209. The highest BCUT2D eigenvalue weighted by Gasteiger charge is 2.25. The van der Waals surface area contributed by atoms with E-state index in [0.29, 0.717) is 26.2 Å². The summed E-state index contributed by atoms with van der Waals surface area (Å²) in [6.07, 6.45) is 8.43. The van der Waals surface area contributed by atoms with Gasteiger partial charge in [0.15, 0.2) is 11.5 Å². The molecule has 6 nitrogen and oxygen atoms in total. The number of para-hydroxylation sites is 1. The molecule has 1 unspecified atom stereocenters. The lowest BCUT2D eigenvalue weighted by Crippen LogP contribution is -2.22. The number of anilines is 1. The molecule has 2 aromatic carbocycles. The van der Waals surface area contributed by atoms with Gasteiger partial charge in [-0.1, -0.05) is 71.2 Å². The van der Waals surface area contributed by atoms with Crippen LogP contribution in [0.1, 0.15) is 82.4 Å². The molecule has 1 N–H and O–H groups in total. The molecule has 1 aliphatic rings. The molecule has 0 fully saturated rings. The molecule has 0 aliphatic carbocycles. The number of hydrogen-bond donors (Lipinski definition) is 1. The maximum atomic E-state index is 13.5. The smallest absolute Gasteiger partial charge is 0.224 e. The van der Waals surface area contributed by atoms with Gasteiger partial charge >= 0.3 is 0 Å². The van der Waals surface area contributed by atoms with Crippen LogP contribution in [0.4, 0.5) is 5.69 Å². The van der Waals surface area contributed by atoms with Gasteiger partial charge in [0.05, 0.1) is 6.54 Å². The molecule has 36 heavy (non-hydrogen) atoms. The van der Waals surface area contributed by atoms with Crippen molar-refractivity contribution in [2.45, 2.75) is 77.7 Å². The Morgan fingerprint density at radius 1 is 1.11 bits per heavy atom. The Hall–Kier alpha value is -3.28. The summed E-state index contributed by atoms with van der Waals surface area (Å²) in [5, 5.41) is 7.59. The van der Waals surface area contributed by atoms with Gasteiger partial charge in [-0.25, -0.2) is 0 Å². The third-order valence-electron chi connectivity index (χ3n) is 6.69. The Kier molecular flexibility index (Phi) is 8.34. The van der Waals surface area contributed by atoms with Crippen LogP contribution in [0.2, 0.25) is 0 Å². The van der Waals surface area contributed by atoms with Crippen molar-refractivity contribution in [3.63, 3.8) is 0 Å². The van der Waals surface area contributed by atoms with Crippen molar-refractivity contribution >= 4 is 11.6 Å². The standard InChI is InChI=1S/C30H39N3O3/c1-5-6-7-10-23(24-11-8-12-27-29(24)36-18-17-35-27)20-28(34)32-26-19-22(21-33-16-9-15-31-33)13-14-25(26)30(2,3)4/h8-9,11-16,19,23H,5-7,10,17-18,20-21H2,1-4H3,(H,32,34). The fourth-order valence-corrected chi connectivity index (χ4v) is 4.88. The minimum atomic E-state index is -0.100. The van der Waals surface area contributed by atoms with Crippen LogP contribution >= 0.6 is 0 Å². The summed E-state index contributed by atoms with van der Waals surface area (Å²) < 4.78 is 13.7. The van der Waals surface area contributed by atoms with Gasteiger partial charge in [-0.05, 0) is 47.1 Å². The van der Waals surface area contributed by atoms with Crippen LogP contribution in [-0.4, -0.2) is 28.9 Å². The number of ether oxygens (including phenoxy) is 2. The number of aromatic nitrogens is 2. The number of hydrogen-bond acceptors (Lipinski definition) is 4. The van der Waals surface area contributed by atoms with E-state index in [9.17, 15) is 4.79 Å². The summed E-state index contributed by atoms with van der Waals surface area (Å²) in [7, 11) is 0. The van der Waals surface area contributed by atoms with E-state index < -0.39 is 0 Å². The van der Waals surface area contributed by atoms with Crippen LogP contribution < -0.4 is 14.8 Å². The summed E-state index contributed by atoms with van der Waals surface area (Å²) in [6, 6.07) is 14.3. The van der Waals surface area contributed by atoms with Gasteiger partial charge in [0.25, 0.3) is 0 Å². The maximum Gasteiger partial charge on any atom is 0.224 e. The van der Waals surface area contributed by atoms with Crippen molar-refractivity contribution in [2.24, 2.45) is 0 Å². The fraction of sp³-hybridized carbons (Fsp3) is 0.467. The normalized spacial score (nSPS) is 13.9. The zero-order valence-electron chi connectivity index (χ0n) is 22.0. The number of unbranched alkanes of at least 4 members (excludes halogenated alkanes) is 2. The van der Waals surface area contributed by atoms with Crippen molar-refractivity contribution < 1.29 is 14.3 Å². The van der Waals surface area contributed by atoms with Gasteiger partial charge in [-0.2, -0.15) is 5.10 Å². The number of rotatable bonds is 10. The van der Waals surface area contributed by atoms with E-state index in [-0.39, 0.29) is 17.2 Å². The summed E-state index contributed by atoms with van der Waals surface area (Å²) in [6.45, 7) is 10.5. The summed E-state index contributed by atoms with van der Waals surface area (Å²) in [5.74, 6) is 1.67. The largest absolute Gasteiger partial charge is 0.486 e. The van der Waals surface area contributed by atoms with E-state index >= 15 is 0 Å². The Morgan fingerprint density at radius 3 is 2.69 bits per heavy atom. The lowest BCUT2D eigenvalue weighted by molar-refractivity contribution is -0.116. The molecular weight excluding hydrogens is 450 g/mol. The second-order valence-corrected chi connectivity index (χ2v) is 10.7. The monoisotopic (exact) mass is 489 g/mol. The molecule has 1 atom stereocenters. The predicted octanol–water partition coefficient (Wildman–Crippen LogP) is 6.69. The zero-order valence-corrected chi connectivity index (χ0v) is 22.0. The molecular formula is C30H39N3O3. The van der Waals surface area contributed by atoms with E-state index in [1.165, 1.54) is 0 Å². The summed E-state index contributed by atoms with van der Waals surface area (Å²) >= 11 is 0. The van der Waals surface area contributed by atoms with E-state index in [0.717, 1.165) is 59.6 Å². The van der Waals surface area contributed by atoms with Crippen molar-refractivity contribution in [3.8, 4) is 11.5 Å². The van der Waals surface area contributed by atoms with Crippen LogP contribution in [-0.2, 0) is 16.8 Å². The molecule has 6 heteroatoms. The Morgan fingerprint density at radius 2 is 1.94 bits per heavy atom. The van der Waals surface area contributed by atoms with Crippen molar-refractivity contribution in [1.29, 1.82) is 0 Å². The van der Waals surface area contributed by atoms with Gasteiger partial charge in [-0.3, -0.25) is 9.48 Å². The highest BCUT2D eigenvalue weighted by Crippen LogP contribution is 2.41. The van der Waals surface area contributed by atoms with Crippen LogP contribution in [0, 0.1) is 0 Å². The van der Waals surface area contributed by atoms with Crippen LogP contribution in [0.3, 0.4) is 0 Å². The van der Waals surface area contributed by atoms with E-state index in [4.69, 9.17) is 9.47 Å². The Bertz CT molecular complexity index is 1150. The molecule has 0 bridgehead atoms. The van der Waals surface area contributed by atoms with Crippen LogP contribution in [0.25, 0.3) is 0 Å². The molecule has 0 saturated carbocycles. The predicted molar refractivity (Wildman–Crippen MR) is 144 cm³/mol. The average molecular weight is 490 g/mol. The molecule has 1 amide bonds. The lowest BCUT2D eigenvalue weighted by atomic mass is 9.85. The molecule has 1 aliphatic heterocycles. The average Bonchev–Trinajstić information content (AvgIpc) is 3.35. The minimum Gasteiger partial charge on any atom is -0.486 e. The second-order valence-electron chi connectivity index (χ2n) is 10.7. The third kappa shape index (κ3) is 6.48. The number of fused-ring (bicyclic) bond motifs is 1. The SMILES string of the molecule is CCCCCC(CC(=O)Nc1cc(Cn2cccn2)ccc1C(C)(C)C)c1cccc2c1OCCO2. The Balaban J connectivity index is 1.57. The van der Waals surface area contributed by atoms with E-state index in [1.54, 1.807) is 6.20 Å². The molecule has 0 saturated heterocycles. The molecule has 192 valence electrons. The number of carbonyl (C=O) groups excluding carboxylic acids is 1. The summed E-state index contributed by atoms with van der Waals surface area (Å²) in [4.78, 5) is 13.5.